The minimum atomic E-state index is -0.292. The van der Waals surface area contributed by atoms with Crippen molar-refractivity contribution in [2.75, 3.05) is 24.8 Å². The molecule has 0 saturated heterocycles. The molecule has 0 spiro atoms. The lowest BCUT2D eigenvalue weighted by Gasteiger charge is -2.23. The molecule has 5 nitrogen and oxygen atoms in total. The molecule has 0 fully saturated rings. The van der Waals surface area contributed by atoms with E-state index in [4.69, 9.17) is 14.5 Å². The first kappa shape index (κ1) is 16.8. The van der Waals surface area contributed by atoms with Crippen molar-refractivity contribution in [1.82, 2.24) is 5.32 Å². The largest absolute Gasteiger partial charge is 0.467 e. The van der Waals surface area contributed by atoms with E-state index in [0.717, 1.165) is 36.6 Å². The first-order chi connectivity index (χ1) is 12.8. The van der Waals surface area contributed by atoms with Crippen LogP contribution < -0.4 is 15.0 Å². The third-order valence-corrected chi connectivity index (χ3v) is 4.63. The van der Waals surface area contributed by atoms with Crippen molar-refractivity contribution in [2.45, 2.75) is 26.5 Å². The summed E-state index contributed by atoms with van der Waals surface area (Å²) in [5, 5.41) is 3.35. The van der Waals surface area contributed by atoms with Gasteiger partial charge < -0.3 is 19.7 Å². The molecule has 0 saturated carbocycles. The number of anilines is 1. The van der Waals surface area contributed by atoms with Crippen LogP contribution in [0.15, 0.2) is 41.4 Å². The SMILES string of the molecule is CCNC(=NCc1cc(F)cc2c1OCOC2)N1CCc2ccccc21. The van der Waals surface area contributed by atoms with E-state index in [9.17, 15) is 4.39 Å². The van der Waals surface area contributed by atoms with Gasteiger partial charge >= 0.3 is 0 Å². The summed E-state index contributed by atoms with van der Waals surface area (Å²) < 4.78 is 24.8. The number of hydrogen-bond donors (Lipinski definition) is 1. The van der Waals surface area contributed by atoms with Gasteiger partial charge in [0, 0.05) is 29.9 Å². The molecule has 6 heteroatoms. The molecule has 2 heterocycles. The quantitative estimate of drug-likeness (QED) is 0.678. The molecule has 4 rings (SSSR count). The van der Waals surface area contributed by atoms with Gasteiger partial charge in [0.25, 0.3) is 0 Å². The minimum absolute atomic E-state index is 0.189. The van der Waals surface area contributed by atoms with Crippen LogP contribution in [0.5, 0.6) is 5.75 Å². The summed E-state index contributed by atoms with van der Waals surface area (Å²) in [7, 11) is 0. The fourth-order valence-electron chi connectivity index (χ4n) is 3.49. The Morgan fingerprint density at radius 3 is 3.04 bits per heavy atom. The molecular formula is C20H22FN3O2. The molecule has 0 amide bonds. The summed E-state index contributed by atoms with van der Waals surface area (Å²) in [6.07, 6.45) is 0.996. The maximum atomic E-state index is 13.9. The number of aliphatic imine (C=N–C) groups is 1. The molecule has 26 heavy (non-hydrogen) atoms. The first-order valence-electron chi connectivity index (χ1n) is 8.92. The Morgan fingerprint density at radius 1 is 1.27 bits per heavy atom. The van der Waals surface area contributed by atoms with Crippen molar-refractivity contribution in [3.8, 4) is 5.75 Å². The molecule has 0 aliphatic carbocycles. The molecular weight excluding hydrogens is 333 g/mol. The molecule has 0 bridgehead atoms. The topological polar surface area (TPSA) is 46.1 Å². The lowest BCUT2D eigenvalue weighted by atomic mass is 10.1. The van der Waals surface area contributed by atoms with E-state index in [1.807, 2.05) is 13.0 Å². The van der Waals surface area contributed by atoms with E-state index in [1.165, 1.54) is 23.4 Å². The number of ether oxygens (including phenoxy) is 2. The van der Waals surface area contributed by atoms with Gasteiger partial charge in [-0.1, -0.05) is 18.2 Å². The van der Waals surface area contributed by atoms with Crippen molar-refractivity contribution in [3.05, 3.63) is 58.9 Å². The highest BCUT2D eigenvalue weighted by Gasteiger charge is 2.23. The van der Waals surface area contributed by atoms with E-state index in [-0.39, 0.29) is 12.6 Å². The zero-order valence-corrected chi connectivity index (χ0v) is 14.8. The Labute approximate surface area is 152 Å². The van der Waals surface area contributed by atoms with E-state index in [2.05, 4.69) is 28.4 Å². The van der Waals surface area contributed by atoms with E-state index >= 15 is 0 Å². The van der Waals surface area contributed by atoms with Crippen LogP contribution in [0.1, 0.15) is 23.6 Å². The number of nitrogens with one attached hydrogen (secondary N) is 1. The lowest BCUT2D eigenvalue weighted by Crippen LogP contribution is -2.40. The maximum absolute atomic E-state index is 13.9. The Morgan fingerprint density at radius 2 is 2.15 bits per heavy atom. The second kappa shape index (κ2) is 7.33. The van der Waals surface area contributed by atoms with Crippen molar-refractivity contribution in [1.29, 1.82) is 0 Å². The standard InChI is InChI=1S/C20H22FN3O2/c1-2-22-20(24-8-7-14-5-3-4-6-18(14)24)23-11-15-9-17(21)10-16-12-25-13-26-19(15)16/h3-6,9-10H,2,7-8,11-13H2,1H3,(H,22,23). The Bertz CT molecular complexity index is 838. The van der Waals surface area contributed by atoms with Crippen LogP contribution >= 0.6 is 0 Å². The molecule has 2 aromatic carbocycles. The Hall–Kier alpha value is -2.60. The van der Waals surface area contributed by atoms with Crippen LogP contribution in [0, 0.1) is 5.82 Å². The van der Waals surface area contributed by atoms with Crippen molar-refractivity contribution in [2.24, 2.45) is 4.99 Å². The second-order valence-corrected chi connectivity index (χ2v) is 6.36. The van der Waals surface area contributed by atoms with Gasteiger partial charge in [-0.15, -0.1) is 0 Å². The highest BCUT2D eigenvalue weighted by molar-refractivity contribution is 5.98. The van der Waals surface area contributed by atoms with Gasteiger partial charge in [-0.3, -0.25) is 0 Å². The van der Waals surface area contributed by atoms with Crippen LogP contribution in [-0.2, 0) is 24.3 Å². The predicted octanol–water partition coefficient (Wildman–Crippen LogP) is 3.22. The van der Waals surface area contributed by atoms with Crippen LogP contribution in [0.3, 0.4) is 0 Å². The third-order valence-electron chi connectivity index (χ3n) is 4.63. The Balaban J connectivity index is 1.63. The van der Waals surface area contributed by atoms with Crippen molar-refractivity contribution >= 4 is 11.6 Å². The van der Waals surface area contributed by atoms with Crippen LogP contribution in [-0.4, -0.2) is 25.8 Å². The average Bonchev–Trinajstić information content (AvgIpc) is 3.09. The lowest BCUT2D eigenvalue weighted by molar-refractivity contribution is -0.0172. The number of halogens is 1. The molecule has 0 radical (unpaired) electrons. The number of hydrogen-bond acceptors (Lipinski definition) is 3. The summed E-state index contributed by atoms with van der Waals surface area (Å²) in [5.41, 5.74) is 3.98. The normalized spacial score (nSPS) is 16.1. The third kappa shape index (κ3) is 3.24. The smallest absolute Gasteiger partial charge is 0.198 e. The molecule has 2 aromatic rings. The second-order valence-electron chi connectivity index (χ2n) is 6.36. The van der Waals surface area contributed by atoms with E-state index < -0.39 is 0 Å². The van der Waals surface area contributed by atoms with E-state index in [0.29, 0.717) is 18.9 Å². The minimum Gasteiger partial charge on any atom is -0.467 e. The predicted molar refractivity (Wildman–Crippen MR) is 99.0 cm³/mol. The monoisotopic (exact) mass is 355 g/mol. The highest BCUT2D eigenvalue weighted by atomic mass is 19.1. The highest BCUT2D eigenvalue weighted by Crippen LogP contribution is 2.31. The molecule has 1 N–H and O–H groups in total. The van der Waals surface area contributed by atoms with Gasteiger partial charge in [0.05, 0.1) is 13.2 Å². The summed E-state index contributed by atoms with van der Waals surface area (Å²) in [4.78, 5) is 6.95. The molecule has 0 unspecified atom stereocenters. The summed E-state index contributed by atoms with van der Waals surface area (Å²) >= 11 is 0. The fourth-order valence-corrected chi connectivity index (χ4v) is 3.49. The zero-order valence-electron chi connectivity index (χ0n) is 14.8. The first-order valence-corrected chi connectivity index (χ1v) is 8.92. The molecule has 136 valence electrons. The van der Waals surface area contributed by atoms with Crippen LogP contribution in [0.4, 0.5) is 10.1 Å². The number of nitrogens with zero attached hydrogens (tertiary/aromatic N) is 2. The van der Waals surface area contributed by atoms with E-state index in [1.54, 1.807) is 0 Å². The van der Waals surface area contributed by atoms with Gasteiger partial charge in [0.15, 0.2) is 12.8 Å². The summed E-state index contributed by atoms with van der Waals surface area (Å²) in [6, 6.07) is 11.3. The number of benzene rings is 2. The summed E-state index contributed by atoms with van der Waals surface area (Å²) in [6.45, 7) is 4.60. The molecule has 0 aromatic heterocycles. The van der Waals surface area contributed by atoms with Crippen LogP contribution in [0.2, 0.25) is 0 Å². The number of para-hydroxylation sites is 1. The van der Waals surface area contributed by atoms with Crippen molar-refractivity contribution in [3.63, 3.8) is 0 Å². The zero-order chi connectivity index (χ0) is 17.9. The molecule has 2 aliphatic heterocycles. The van der Waals surface area contributed by atoms with Gasteiger partial charge in [-0.05, 0) is 37.1 Å². The molecule has 0 atom stereocenters. The van der Waals surface area contributed by atoms with Gasteiger partial charge in [0.2, 0.25) is 0 Å². The Kier molecular flexibility index (Phi) is 4.75. The van der Waals surface area contributed by atoms with Crippen LogP contribution in [0.25, 0.3) is 0 Å². The van der Waals surface area contributed by atoms with Gasteiger partial charge in [-0.2, -0.15) is 0 Å². The number of rotatable bonds is 3. The number of guanidine groups is 1. The summed E-state index contributed by atoms with van der Waals surface area (Å²) in [5.74, 6) is 1.21. The fraction of sp³-hybridized carbons (Fsp3) is 0.350. The van der Waals surface area contributed by atoms with Gasteiger partial charge in [-0.25, -0.2) is 9.38 Å². The molecule has 2 aliphatic rings. The number of fused-ring (bicyclic) bond motifs is 2. The average molecular weight is 355 g/mol. The van der Waals surface area contributed by atoms with Gasteiger partial charge in [0.1, 0.15) is 11.6 Å². The maximum Gasteiger partial charge on any atom is 0.198 e. The van der Waals surface area contributed by atoms with Crippen molar-refractivity contribution < 1.29 is 13.9 Å².